The molecule has 0 amide bonds. The number of hydrogen-bond acceptors (Lipinski definition) is 2. The second-order valence-corrected chi connectivity index (χ2v) is 4.23. The Bertz CT molecular complexity index is 501. The average Bonchev–Trinajstić information content (AvgIpc) is 2.40. The number of ether oxygens (including phenoxy) is 1. The first-order valence-electron chi connectivity index (χ1n) is 5.96. The molecule has 0 aliphatic heterocycles. The van der Waals surface area contributed by atoms with Gasteiger partial charge < -0.3 is 9.84 Å². The fourth-order valence-electron chi connectivity index (χ4n) is 1.84. The van der Waals surface area contributed by atoms with Crippen LogP contribution in [0.25, 0.3) is 0 Å². The molecule has 2 aromatic carbocycles. The largest absolute Gasteiger partial charge is 0.496 e. The van der Waals surface area contributed by atoms with E-state index in [-0.39, 0.29) is 0 Å². The minimum absolute atomic E-state index is 0.426. The number of aliphatic hydroxyl groups is 1. The summed E-state index contributed by atoms with van der Waals surface area (Å²) in [6, 6.07) is 15.8. The zero-order valence-corrected chi connectivity index (χ0v) is 10.6. The maximum atomic E-state index is 9.46. The summed E-state index contributed by atoms with van der Waals surface area (Å²) in [5, 5.41) is 9.46. The van der Waals surface area contributed by atoms with Gasteiger partial charge >= 0.3 is 0 Å². The van der Waals surface area contributed by atoms with Crippen LogP contribution < -0.4 is 4.74 Å². The van der Waals surface area contributed by atoms with Gasteiger partial charge in [0, 0.05) is 12.0 Å². The first kappa shape index (κ1) is 12.7. The smallest absolute Gasteiger partial charge is 0.122 e. The van der Waals surface area contributed by atoms with Crippen molar-refractivity contribution in [3.63, 3.8) is 0 Å². The lowest BCUT2D eigenvalue weighted by atomic mass is 10.0. The number of aliphatic hydroxyl groups excluding tert-OH is 1. The van der Waals surface area contributed by atoms with E-state index in [1.54, 1.807) is 14.0 Å². The molecule has 0 bridgehead atoms. The summed E-state index contributed by atoms with van der Waals surface area (Å²) in [6.45, 7) is 1.76. The molecule has 1 radical (unpaired) electrons. The molecule has 0 aliphatic rings. The number of para-hydroxylation sites is 1. The molecule has 1 unspecified atom stereocenters. The Morgan fingerprint density at radius 3 is 2.33 bits per heavy atom. The van der Waals surface area contributed by atoms with Crippen LogP contribution in [0.1, 0.15) is 29.7 Å². The van der Waals surface area contributed by atoms with Gasteiger partial charge in [0.25, 0.3) is 0 Å². The molecule has 0 saturated carbocycles. The van der Waals surface area contributed by atoms with Crippen LogP contribution in [0.15, 0.2) is 48.5 Å². The quantitative estimate of drug-likeness (QED) is 0.889. The molecule has 2 nitrogen and oxygen atoms in total. The van der Waals surface area contributed by atoms with Crippen molar-refractivity contribution in [2.45, 2.75) is 13.0 Å². The first-order chi connectivity index (χ1) is 8.70. The van der Waals surface area contributed by atoms with Crippen LogP contribution in [0, 0.1) is 6.42 Å². The first-order valence-corrected chi connectivity index (χ1v) is 5.96. The van der Waals surface area contributed by atoms with Crippen molar-refractivity contribution in [3.05, 3.63) is 71.6 Å². The third-order valence-corrected chi connectivity index (χ3v) is 2.88. The number of hydrogen-bond donors (Lipinski definition) is 1. The summed E-state index contributed by atoms with van der Waals surface area (Å²) in [4.78, 5) is 0. The molecule has 0 fully saturated rings. The maximum Gasteiger partial charge on any atom is 0.122 e. The number of benzene rings is 2. The van der Waals surface area contributed by atoms with Crippen LogP contribution in [0.5, 0.6) is 5.75 Å². The van der Waals surface area contributed by atoms with Crippen LogP contribution in [0.4, 0.5) is 0 Å². The molecule has 1 N–H and O–H groups in total. The zero-order valence-electron chi connectivity index (χ0n) is 10.6. The standard InChI is InChI=1S/C16H17O2/c1-12(17)14-9-7-13(8-10-14)11-15-5-3-4-6-16(15)18-2/h3-12,17H,1-2H3. The van der Waals surface area contributed by atoms with Gasteiger partial charge in [0.15, 0.2) is 0 Å². The number of rotatable bonds is 4. The highest BCUT2D eigenvalue weighted by atomic mass is 16.5. The third-order valence-electron chi connectivity index (χ3n) is 2.88. The van der Waals surface area contributed by atoms with Gasteiger partial charge in [0.1, 0.15) is 5.75 Å². The van der Waals surface area contributed by atoms with Gasteiger partial charge in [0.2, 0.25) is 0 Å². The van der Waals surface area contributed by atoms with Gasteiger partial charge in [0.05, 0.1) is 13.2 Å². The minimum Gasteiger partial charge on any atom is -0.496 e. The van der Waals surface area contributed by atoms with Gasteiger partial charge in [-0.05, 0) is 24.1 Å². The minimum atomic E-state index is -0.426. The Morgan fingerprint density at radius 2 is 1.72 bits per heavy atom. The molecule has 0 saturated heterocycles. The summed E-state index contributed by atoms with van der Waals surface area (Å²) in [7, 11) is 1.67. The van der Waals surface area contributed by atoms with Crippen molar-refractivity contribution in [2.24, 2.45) is 0 Å². The van der Waals surface area contributed by atoms with Gasteiger partial charge in [-0.3, -0.25) is 0 Å². The van der Waals surface area contributed by atoms with Gasteiger partial charge in [-0.25, -0.2) is 0 Å². The average molecular weight is 241 g/mol. The van der Waals surface area contributed by atoms with E-state index in [9.17, 15) is 5.11 Å². The highest BCUT2D eigenvalue weighted by Crippen LogP contribution is 2.23. The molecule has 2 aromatic rings. The van der Waals surface area contributed by atoms with E-state index in [4.69, 9.17) is 4.74 Å². The number of methoxy groups -OCH3 is 1. The monoisotopic (exact) mass is 241 g/mol. The van der Waals surface area contributed by atoms with Gasteiger partial charge in [-0.1, -0.05) is 42.5 Å². The summed E-state index contributed by atoms with van der Waals surface area (Å²) in [6.07, 6.45) is 1.63. The SMILES string of the molecule is COc1ccccc1[CH]c1ccc(C(C)O)cc1. The van der Waals surface area contributed by atoms with Gasteiger partial charge in [-0.2, -0.15) is 0 Å². The molecule has 0 aromatic heterocycles. The van der Waals surface area contributed by atoms with Crippen molar-refractivity contribution in [3.8, 4) is 5.75 Å². The van der Waals surface area contributed by atoms with Crippen molar-refractivity contribution in [2.75, 3.05) is 7.11 Å². The maximum absolute atomic E-state index is 9.46. The van der Waals surface area contributed by atoms with Crippen LogP contribution in [0.2, 0.25) is 0 Å². The second kappa shape index (κ2) is 5.69. The fourth-order valence-corrected chi connectivity index (χ4v) is 1.84. The van der Waals surface area contributed by atoms with E-state index in [2.05, 4.69) is 6.42 Å². The third kappa shape index (κ3) is 2.90. The van der Waals surface area contributed by atoms with Crippen LogP contribution in [-0.2, 0) is 0 Å². The normalized spacial score (nSPS) is 12.2. The van der Waals surface area contributed by atoms with E-state index in [0.717, 1.165) is 22.4 Å². The van der Waals surface area contributed by atoms with Crippen molar-refractivity contribution < 1.29 is 9.84 Å². The highest BCUT2D eigenvalue weighted by molar-refractivity contribution is 5.46. The molecule has 0 spiro atoms. The molecule has 0 heterocycles. The molecule has 1 atom stereocenters. The summed E-state index contributed by atoms with van der Waals surface area (Å²) >= 11 is 0. The lowest BCUT2D eigenvalue weighted by Gasteiger charge is -2.09. The van der Waals surface area contributed by atoms with Crippen LogP contribution in [-0.4, -0.2) is 12.2 Å². The second-order valence-electron chi connectivity index (χ2n) is 4.23. The van der Waals surface area contributed by atoms with Crippen LogP contribution in [0.3, 0.4) is 0 Å². The molecule has 93 valence electrons. The Balaban J connectivity index is 2.18. The van der Waals surface area contributed by atoms with Gasteiger partial charge in [-0.15, -0.1) is 0 Å². The van der Waals surface area contributed by atoms with E-state index in [0.29, 0.717) is 0 Å². The molecule has 2 rings (SSSR count). The summed E-state index contributed by atoms with van der Waals surface area (Å²) in [5.74, 6) is 0.858. The Kier molecular flexibility index (Phi) is 4.00. The molecule has 2 heteroatoms. The predicted molar refractivity (Wildman–Crippen MR) is 72.6 cm³/mol. The van der Waals surface area contributed by atoms with Crippen molar-refractivity contribution >= 4 is 0 Å². The topological polar surface area (TPSA) is 29.5 Å². The summed E-state index contributed by atoms with van der Waals surface area (Å²) < 4.78 is 5.31. The van der Waals surface area contributed by atoms with Crippen LogP contribution >= 0.6 is 0 Å². The molecule has 18 heavy (non-hydrogen) atoms. The Hall–Kier alpha value is -1.80. The highest BCUT2D eigenvalue weighted by Gasteiger charge is 2.05. The molecular formula is C16H17O2. The van der Waals surface area contributed by atoms with E-state index < -0.39 is 6.10 Å². The van der Waals surface area contributed by atoms with Crippen molar-refractivity contribution in [1.82, 2.24) is 0 Å². The zero-order chi connectivity index (χ0) is 13.0. The van der Waals surface area contributed by atoms with E-state index >= 15 is 0 Å². The Morgan fingerprint density at radius 1 is 1.06 bits per heavy atom. The lowest BCUT2D eigenvalue weighted by Crippen LogP contribution is -1.93. The van der Waals surface area contributed by atoms with Crippen molar-refractivity contribution in [1.29, 1.82) is 0 Å². The fraction of sp³-hybridized carbons (Fsp3) is 0.188. The summed E-state index contributed by atoms with van der Waals surface area (Å²) in [5.41, 5.74) is 3.06. The molecular weight excluding hydrogens is 224 g/mol. The predicted octanol–water partition coefficient (Wildman–Crippen LogP) is 3.35. The van der Waals surface area contributed by atoms with E-state index in [1.807, 2.05) is 48.5 Å². The molecule has 0 aliphatic carbocycles. The lowest BCUT2D eigenvalue weighted by molar-refractivity contribution is 0.199. The van der Waals surface area contributed by atoms with E-state index in [1.165, 1.54) is 0 Å². The Labute approximate surface area is 108 Å².